The Morgan fingerprint density at radius 3 is 2.53 bits per heavy atom. The van der Waals surface area contributed by atoms with Crippen molar-refractivity contribution >= 4 is 11.6 Å². The molecule has 106 valence electrons. The maximum atomic E-state index is 11.9. The molecule has 3 nitrogen and oxygen atoms in total. The van der Waals surface area contributed by atoms with Crippen molar-refractivity contribution in [1.82, 2.24) is 0 Å². The van der Waals surface area contributed by atoms with Gasteiger partial charge in [0.25, 0.3) is 0 Å². The van der Waals surface area contributed by atoms with E-state index in [0.717, 1.165) is 12.0 Å². The highest BCUT2D eigenvalue weighted by molar-refractivity contribution is 5.91. The van der Waals surface area contributed by atoms with Gasteiger partial charge in [-0.3, -0.25) is 4.79 Å². The van der Waals surface area contributed by atoms with Gasteiger partial charge in [0.05, 0.1) is 0 Å². The predicted molar refractivity (Wildman–Crippen MR) is 79.3 cm³/mol. The average molecular weight is 263 g/mol. The molecule has 1 amide bonds. The summed E-state index contributed by atoms with van der Waals surface area (Å²) >= 11 is 0. The van der Waals surface area contributed by atoms with Gasteiger partial charge < -0.3 is 10.4 Å². The largest absolute Gasteiger partial charge is 0.508 e. The van der Waals surface area contributed by atoms with Crippen LogP contribution >= 0.6 is 0 Å². The van der Waals surface area contributed by atoms with Crippen molar-refractivity contribution in [2.24, 2.45) is 11.3 Å². The smallest absolute Gasteiger partial charge is 0.224 e. The van der Waals surface area contributed by atoms with E-state index in [0.29, 0.717) is 18.0 Å². The number of phenols is 1. The van der Waals surface area contributed by atoms with E-state index in [1.807, 2.05) is 6.92 Å². The van der Waals surface area contributed by atoms with Crippen LogP contribution in [0.5, 0.6) is 5.75 Å². The normalized spacial score (nSPS) is 13.1. The van der Waals surface area contributed by atoms with Crippen LogP contribution in [0.3, 0.4) is 0 Å². The summed E-state index contributed by atoms with van der Waals surface area (Å²) in [4.78, 5) is 11.9. The van der Waals surface area contributed by atoms with Gasteiger partial charge in [-0.1, -0.05) is 33.8 Å². The van der Waals surface area contributed by atoms with E-state index in [1.165, 1.54) is 0 Å². The Morgan fingerprint density at radius 1 is 1.37 bits per heavy atom. The molecule has 19 heavy (non-hydrogen) atoms. The highest BCUT2D eigenvalue weighted by atomic mass is 16.3. The molecular weight excluding hydrogens is 238 g/mol. The summed E-state index contributed by atoms with van der Waals surface area (Å²) in [5, 5.41) is 12.4. The van der Waals surface area contributed by atoms with Crippen LogP contribution in [0.4, 0.5) is 5.69 Å². The molecule has 0 radical (unpaired) electrons. The van der Waals surface area contributed by atoms with Gasteiger partial charge in [-0.2, -0.15) is 0 Å². The monoisotopic (exact) mass is 263 g/mol. The summed E-state index contributed by atoms with van der Waals surface area (Å²) in [6.07, 6.45) is 1.52. The molecule has 1 rings (SSSR count). The van der Waals surface area contributed by atoms with Gasteiger partial charge >= 0.3 is 0 Å². The molecule has 0 aliphatic heterocycles. The molecule has 0 aromatic heterocycles. The molecule has 0 saturated carbocycles. The lowest BCUT2D eigenvalue weighted by atomic mass is 9.84. The quantitative estimate of drug-likeness (QED) is 0.859. The molecule has 1 aromatic rings. The number of aromatic hydroxyl groups is 1. The van der Waals surface area contributed by atoms with Crippen LogP contribution < -0.4 is 5.32 Å². The van der Waals surface area contributed by atoms with E-state index in [4.69, 9.17) is 0 Å². The third kappa shape index (κ3) is 5.77. The Morgan fingerprint density at radius 2 is 2.00 bits per heavy atom. The first-order chi connectivity index (χ1) is 8.67. The summed E-state index contributed by atoms with van der Waals surface area (Å²) in [6.45, 7) is 10.5. The second kappa shape index (κ2) is 6.09. The first-order valence-electron chi connectivity index (χ1n) is 6.77. The summed E-state index contributed by atoms with van der Waals surface area (Å²) in [7, 11) is 0. The minimum absolute atomic E-state index is 0.00000283. The number of anilines is 1. The zero-order valence-corrected chi connectivity index (χ0v) is 12.6. The lowest BCUT2D eigenvalue weighted by molar-refractivity contribution is -0.117. The summed E-state index contributed by atoms with van der Waals surface area (Å²) in [6, 6.07) is 5.19. The zero-order chi connectivity index (χ0) is 14.6. The third-order valence-corrected chi connectivity index (χ3v) is 2.99. The minimum Gasteiger partial charge on any atom is -0.508 e. The van der Waals surface area contributed by atoms with Gasteiger partial charge in [0.2, 0.25) is 5.91 Å². The van der Waals surface area contributed by atoms with E-state index >= 15 is 0 Å². The zero-order valence-electron chi connectivity index (χ0n) is 12.6. The van der Waals surface area contributed by atoms with Crippen LogP contribution in [-0.4, -0.2) is 11.0 Å². The van der Waals surface area contributed by atoms with Crippen LogP contribution in [0.25, 0.3) is 0 Å². The Hall–Kier alpha value is -1.51. The molecule has 0 bridgehead atoms. The number of aryl methyl sites for hydroxylation is 1. The standard InChI is InChI=1S/C16H25NO2/c1-11(10-16(3,4)5)8-15(19)17-13-7-6-12(2)14(18)9-13/h6-7,9,11,18H,8,10H2,1-5H3,(H,17,19). The molecule has 2 N–H and O–H groups in total. The van der Waals surface area contributed by atoms with Crippen LogP contribution in [0.1, 0.15) is 46.1 Å². The summed E-state index contributed by atoms with van der Waals surface area (Å²) in [5.74, 6) is 0.555. The Bertz CT molecular complexity index is 447. The second-order valence-electron chi connectivity index (χ2n) is 6.62. The molecule has 0 heterocycles. The molecular formula is C16H25NO2. The Labute approximate surface area is 116 Å². The van der Waals surface area contributed by atoms with Gasteiger partial charge in [0.1, 0.15) is 5.75 Å². The van der Waals surface area contributed by atoms with Gasteiger partial charge in [-0.05, 0) is 36.3 Å². The van der Waals surface area contributed by atoms with Crippen molar-refractivity contribution in [3.63, 3.8) is 0 Å². The number of carbonyl (C=O) groups is 1. The molecule has 0 aliphatic carbocycles. The fourth-order valence-corrected chi connectivity index (χ4v) is 2.33. The van der Waals surface area contributed by atoms with E-state index in [-0.39, 0.29) is 17.1 Å². The van der Waals surface area contributed by atoms with Crippen molar-refractivity contribution in [2.75, 3.05) is 5.32 Å². The van der Waals surface area contributed by atoms with Crippen molar-refractivity contribution in [3.8, 4) is 5.75 Å². The van der Waals surface area contributed by atoms with Crippen molar-refractivity contribution < 1.29 is 9.90 Å². The number of rotatable bonds is 4. The highest BCUT2D eigenvalue weighted by Crippen LogP contribution is 2.26. The highest BCUT2D eigenvalue weighted by Gasteiger charge is 2.17. The van der Waals surface area contributed by atoms with Crippen LogP contribution in [0, 0.1) is 18.3 Å². The van der Waals surface area contributed by atoms with Crippen molar-refractivity contribution in [3.05, 3.63) is 23.8 Å². The van der Waals surface area contributed by atoms with Gasteiger partial charge in [0.15, 0.2) is 0 Å². The van der Waals surface area contributed by atoms with Crippen molar-refractivity contribution in [2.45, 2.75) is 47.5 Å². The molecule has 1 atom stereocenters. The molecule has 1 unspecified atom stereocenters. The molecule has 1 aromatic carbocycles. The van der Waals surface area contributed by atoms with Gasteiger partial charge in [-0.15, -0.1) is 0 Å². The molecule has 0 saturated heterocycles. The van der Waals surface area contributed by atoms with E-state index < -0.39 is 0 Å². The SMILES string of the molecule is Cc1ccc(NC(=O)CC(C)CC(C)(C)C)cc1O. The Balaban J connectivity index is 2.53. The first-order valence-corrected chi connectivity index (χ1v) is 6.77. The van der Waals surface area contributed by atoms with E-state index in [1.54, 1.807) is 18.2 Å². The van der Waals surface area contributed by atoms with Crippen LogP contribution in [-0.2, 0) is 4.79 Å². The average Bonchev–Trinajstić information content (AvgIpc) is 2.20. The lowest BCUT2D eigenvalue weighted by Gasteiger charge is -2.22. The van der Waals surface area contributed by atoms with Gasteiger partial charge in [0, 0.05) is 18.2 Å². The number of benzene rings is 1. The minimum atomic E-state index is 0.00000283. The number of phenolic OH excluding ortho intramolecular Hbond substituents is 1. The maximum Gasteiger partial charge on any atom is 0.224 e. The Kier molecular flexibility index (Phi) is 4.98. The lowest BCUT2D eigenvalue weighted by Crippen LogP contribution is -2.18. The summed E-state index contributed by atoms with van der Waals surface area (Å²) < 4.78 is 0. The molecule has 0 fully saturated rings. The predicted octanol–water partition coefficient (Wildman–Crippen LogP) is 4.10. The third-order valence-electron chi connectivity index (χ3n) is 2.99. The molecule has 3 heteroatoms. The fourth-order valence-electron chi connectivity index (χ4n) is 2.33. The van der Waals surface area contributed by atoms with Crippen molar-refractivity contribution in [1.29, 1.82) is 0 Å². The maximum absolute atomic E-state index is 11.9. The van der Waals surface area contributed by atoms with Gasteiger partial charge in [-0.25, -0.2) is 0 Å². The number of nitrogens with one attached hydrogen (secondary N) is 1. The van der Waals surface area contributed by atoms with Crippen LogP contribution in [0.15, 0.2) is 18.2 Å². The van der Waals surface area contributed by atoms with E-state index in [2.05, 4.69) is 33.0 Å². The second-order valence-corrected chi connectivity index (χ2v) is 6.62. The molecule has 0 spiro atoms. The fraction of sp³-hybridized carbons (Fsp3) is 0.562. The topological polar surface area (TPSA) is 49.3 Å². The number of hydrogen-bond donors (Lipinski definition) is 2. The first kappa shape index (κ1) is 15.5. The number of amides is 1. The van der Waals surface area contributed by atoms with E-state index in [9.17, 15) is 9.90 Å². The number of carbonyl (C=O) groups excluding carboxylic acids is 1. The number of hydrogen-bond acceptors (Lipinski definition) is 2. The van der Waals surface area contributed by atoms with Crippen LogP contribution in [0.2, 0.25) is 0 Å². The summed E-state index contributed by atoms with van der Waals surface area (Å²) in [5.41, 5.74) is 1.69. The molecule has 0 aliphatic rings.